The molecular weight excluding hydrogens is 252 g/mol. The van der Waals surface area contributed by atoms with Gasteiger partial charge in [-0.1, -0.05) is 58.8 Å². The molecule has 1 unspecified atom stereocenters. The van der Waals surface area contributed by atoms with Crippen LogP contribution >= 0.6 is 0 Å². The number of rotatable bonds is 2. The molecule has 3 rings (SSSR count). The minimum absolute atomic E-state index is 0.469. The smallest absolute Gasteiger partial charge is 0.0105 e. The van der Waals surface area contributed by atoms with Crippen LogP contribution in [0.1, 0.15) is 72.6 Å². The van der Waals surface area contributed by atoms with Crippen LogP contribution in [0.5, 0.6) is 0 Å². The number of allylic oxidation sites excluding steroid dienone is 4. The van der Waals surface area contributed by atoms with Gasteiger partial charge in [0.25, 0.3) is 0 Å². The Morgan fingerprint density at radius 1 is 1.29 bits per heavy atom. The van der Waals surface area contributed by atoms with E-state index >= 15 is 0 Å². The van der Waals surface area contributed by atoms with Crippen molar-refractivity contribution in [3.05, 3.63) is 30.2 Å². The minimum Gasteiger partial charge on any atom is -0.0807 e. The Balaban J connectivity index is 1.97. The lowest BCUT2D eigenvalue weighted by Gasteiger charge is -2.58. The van der Waals surface area contributed by atoms with Crippen LogP contribution < -0.4 is 0 Å². The highest BCUT2D eigenvalue weighted by atomic mass is 14.6. The van der Waals surface area contributed by atoms with Crippen LogP contribution in [-0.2, 0) is 0 Å². The summed E-state index contributed by atoms with van der Waals surface area (Å²) in [6, 6.07) is 0. The monoisotopic (exact) mass is 285 g/mol. The summed E-state index contributed by atoms with van der Waals surface area (Å²) in [5.74, 6) is 2.37. The van der Waals surface area contributed by atoms with Gasteiger partial charge in [0.15, 0.2) is 0 Å². The normalized spacial score (nSPS) is 43.0. The highest BCUT2D eigenvalue weighted by Crippen LogP contribution is 2.62. The van der Waals surface area contributed by atoms with E-state index in [4.69, 9.17) is 0 Å². The second kappa shape index (κ2) is 5.28. The zero-order valence-electron chi connectivity index (χ0n) is 14.5. The summed E-state index contributed by atoms with van der Waals surface area (Å²) in [5, 5.41) is 0. The van der Waals surface area contributed by atoms with Crippen LogP contribution in [0.3, 0.4) is 0 Å². The maximum absolute atomic E-state index is 4.31. The zero-order valence-corrected chi connectivity index (χ0v) is 14.5. The Morgan fingerprint density at radius 3 is 2.71 bits per heavy atom. The van der Waals surface area contributed by atoms with Crippen molar-refractivity contribution in [1.29, 1.82) is 0 Å². The topological polar surface area (TPSA) is 0 Å². The fourth-order valence-electron chi connectivity index (χ4n) is 5.77. The van der Waals surface area contributed by atoms with E-state index in [1.165, 1.54) is 38.5 Å². The third-order valence-corrected chi connectivity index (χ3v) is 7.27. The maximum atomic E-state index is 4.31. The minimum atomic E-state index is 0.469. The molecule has 3 aliphatic carbocycles. The van der Waals surface area contributed by atoms with Crippen molar-refractivity contribution < 1.29 is 0 Å². The first kappa shape index (κ1) is 15.4. The molecule has 0 nitrogen and oxygen atoms in total. The molecule has 3 aliphatic rings. The van der Waals surface area contributed by atoms with E-state index < -0.39 is 0 Å². The first-order valence-corrected chi connectivity index (χ1v) is 9.10. The summed E-state index contributed by atoms with van der Waals surface area (Å²) in [6.45, 7) is 14.1. The summed E-state index contributed by atoms with van der Waals surface area (Å²) >= 11 is 0. The molecule has 4 atom stereocenters. The summed E-state index contributed by atoms with van der Waals surface area (Å²) in [5.41, 5.74) is 4.34. The highest BCUT2D eigenvalue weighted by Gasteiger charge is 2.53. The molecule has 0 aliphatic heterocycles. The molecule has 0 aromatic carbocycles. The van der Waals surface area contributed by atoms with E-state index in [2.05, 4.69) is 46.8 Å². The Labute approximate surface area is 132 Å². The summed E-state index contributed by atoms with van der Waals surface area (Å²) < 4.78 is 0. The van der Waals surface area contributed by atoms with Gasteiger partial charge in [0.2, 0.25) is 0 Å². The van der Waals surface area contributed by atoms with Crippen molar-refractivity contribution in [1.82, 2.24) is 0 Å². The van der Waals surface area contributed by atoms with Crippen LogP contribution in [-0.4, -0.2) is 0 Å². The van der Waals surface area contributed by atoms with Gasteiger partial charge in [-0.25, -0.2) is 0 Å². The molecule has 117 valence electrons. The average Bonchev–Trinajstić information content (AvgIpc) is 2.46. The standard InChI is InChI=1S/C21H33/c1-6-20(4)12-7-13-21(5)18-10-8-16(15(2)3)14-17(18)9-11-19(20)21/h9,14-15,18-19H,1,6-8,10-13H2,2-5H3/t18-,19?,20+,21-/m1/s1. The molecule has 21 heavy (non-hydrogen) atoms. The lowest BCUT2D eigenvalue weighted by molar-refractivity contribution is -0.0475. The second-order valence-electron chi connectivity index (χ2n) is 8.72. The molecule has 1 radical (unpaired) electrons. The third-order valence-electron chi connectivity index (χ3n) is 7.27. The van der Waals surface area contributed by atoms with Crippen LogP contribution in [0, 0.1) is 35.5 Å². The highest BCUT2D eigenvalue weighted by molar-refractivity contribution is 5.35. The molecule has 0 aromatic rings. The van der Waals surface area contributed by atoms with Gasteiger partial charge in [-0.15, -0.1) is 0 Å². The van der Waals surface area contributed by atoms with Crippen molar-refractivity contribution in [2.24, 2.45) is 28.6 Å². The van der Waals surface area contributed by atoms with E-state index in [0.717, 1.165) is 18.3 Å². The molecule has 0 spiro atoms. The van der Waals surface area contributed by atoms with E-state index in [1.807, 2.05) is 0 Å². The van der Waals surface area contributed by atoms with E-state index in [0.29, 0.717) is 16.7 Å². The predicted octanol–water partition coefficient (Wildman–Crippen LogP) is 6.35. The van der Waals surface area contributed by atoms with Gasteiger partial charge in [-0.2, -0.15) is 0 Å². The number of hydrogen-bond acceptors (Lipinski definition) is 0. The Morgan fingerprint density at radius 2 is 2.05 bits per heavy atom. The molecule has 0 heteroatoms. The molecule has 1 saturated carbocycles. The summed E-state index contributed by atoms with van der Waals surface area (Å²) in [4.78, 5) is 0. The van der Waals surface area contributed by atoms with Crippen molar-refractivity contribution in [2.45, 2.75) is 72.6 Å². The zero-order chi connectivity index (χ0) is 15.3. The van der Waals surface area contributed by atoms with Gasteiger partial charge in [-0.3, -0.25) is 0 Å². The maximum Gasteiger partial charge on any atom is -0.0105 e. The average molecular weight is 285 g/mol. The van der Waals surface area contributed by atoms with Crippen LogP contribution in [0.2, 0.25) is 0 Å². The van der Waals surface area contributed by atoms with Crippen LogP contribution in [0.25, 0.3) is 0 Å². The fraction of sp³-hybridized carbons (Fsp3) is 0.762. The molecule has 0 aromatic heterocycles. The van der Waals surface area contributed by atoms with Crippen molar-refractivity contribution in [3.63, 3.8) is 0 Å². The van der Waals surface area contributed by atoms with Crippen molar-refractivity contribution in [2.75, 3.05) is 0 Å². The molecule has 0 N–H and O–H groups in total. The van der Waals surface area contributed by atoms with Crippen LogP contribution in [0.4, 0.5) is 0 Å². The van der Waals surface area contributed by atoms with Crippen molar-refractivity contribution >= 4 is 0 Å². The third kappa shape index (κ3) is 2.34. The summed E-state index contributed by atoms with van der Waals surface area (Å²) in [6.07, 6.45) is 14.5. The molecule has 0 amide bonds. The van der Waals surface area contributed by atoms with Gasteiger partial charge in [0, 0.05) is 0 Å². The quantitative estimate of drug-likeness (QED) is 0.555. The summed E-state index contributed by atoms with van der Waals surface area (Å²) in [7, 11) is 0. The fourth-order valence-corrected chi connectivity index (χ4v) is 5.77. The first-order valence-electron chi connectivity index (χ1n) is 9.10. The van der Waals surface area contributed by atoms with E-state index in [9.17, 15) is 0 Å². The largest absolute Gasteiger partial charge is 0.0807 e. The second-order valence-corrected chi connectivity index (χ2v) is 8.72. The first-order chi connectivity index (χ1) is 9.90. The molecule has 0 bridgehead atoms. The lowest BCUT2D eigenvalue weighted by atomic mass is 9.46. The van der Waals surface area contributed by atoms with Gasteiger partial charge >= 0.3 is 0 Å². The van der Waals surface area contributed by atoms with E-state index in [1.54, 1.807) is 11.1 Å². The molecular formula is C21H33. The number of hydrogen-bond donors (Lipinski definition) is 0. The van der Waals surface area contributed by atoms with E-state index in [-0.39, 0.29) is 0 Å². The van der Waals surface area contributed by atoms with Gasteiger partial charge in [0.1, 0.15) is 0 Å². The molecule has 0 saturated heterocycles. The van der Waals surface area contributed by atoms with Gasteiger partial charge < -0.3 is 0 Å². The van der Waals surface area contributed by atoms with Gasteiger partial charge in [0.05, 0.1) is 0 Å². The molecule has 0 heterocycles. The number of fused-ring (bicyclic) bond motifs is 3. The Bertz CT molecular complexity index is 466. The Hall–Kier alpha value is -0.520. The van der Waals surface area contributed by atoms with Crippen molar-refractivity contribution in [3.8, 4) is 0 Å². The Kier molecular flexibility index (Phi) is 3.87. The SMILES string of the molecule is [CH2]C[C@@]1(C)CCC[C@@]2(C)C1CC=C1C=C(C(C)C)CC[C@H]12. The lowest BCUT2D eigenvalue weighted by Crippen LogP contribution is -2.49. The predicted molar refractivity (Wildman–Crippen MR) is 91.9 cm³/mol. The van der Waals surface area contributed by atoms with Crippen LogP contribution in [0.15, 0.2) is 23.3 Å². The molecule has 1 fully saturated rings. The van der Waals surface area contributed by atoms with Gasteiger partial charge in [-0.05, 0) is 72.7 Å².